The topological polar surface area (TPSA) is 52.0 Å². The molecule has 0 unspecified atom stereocenters. The van der Waals surface area contributed by atoms with Crippen LogP contribution in [0.2, 0.25) is 10.0 Å². The first kappa shape index (κ1) is 13.3. The van der Waals surface area contributed by atoms with Crippen LogP contribution in [0.5, 0.6) is 0 Å². The molecular formula is C15H12Cl2N2O. The van der Waals surface area contributed by atoms with E-state index in [0.717, 1.165) is 22.2 Å². The Hall–Kier alpha value is -1.71. The molecule has 1 aromatic heterocycles. The zero-order valence-corrected chi connectivity index (χ0v) is 12.5. The van der Waals surface area contributed by atoms with Crippen LogP contribution in [-0.4, -0.2) is 4.98 Å². The second-order valence-corrected chi connectivity index (χ2v) is 5.54. The highest BCUT2D eigenvalue weighted by Crippen LogP contribution is 2.35. The molecule has 0 atom stereocenters. The van der Waals surface area contributed by atoms with Gasteiger partial charge in [-0.2, -0.15) is 0 Å². The minimum absolute atomic E-state index is 0.418. The maximum Gasteiger partial charge on any atom is 0.228 e. The largest absolute Gasteiger partial charge is 0.436 e. The maximum atomic E-state index is 6.19. The molecule has 0 saturated heterocycles. The number of hydrogen-bond donors (Lipinski definition) is 1. The summed E-state index contributed by atoms with van der Waals surface area (Å²) in [5.74, 6) is 0.446. The summed E-state index contributed by atoms with van der Waals surface area (Å²) in [6, 6.07) is 7.22. The molecule has 1 heterocycles. The highest BCUT2D eigenvalue weighted by Gasteiger charge is 2.15. The van der Waals surface area contributed by atoms with Gasteiger partial charge in [-0.3, -0.25) is 0 Å². The van der Waals surface area contributed by atoms with Gasteiger partial charge in [0.15, 0.2) is 5.58 Å². The number of nitrogen functional groups attached to an aromatic ring is 1. The Labute approximate surface area is 126 Å². The average molecular weight is 307 g/mol. The van der Waals surface area contributed by atoms with Crippen LogP contribution in [0.4, 0.5) is 5.69 Å². The van der Waals surface area contributed by atoms with Crippen molar-refractivity contribution in [3.63, 3.8) is 0 Å². The number of aromatic nitrogens is 1. The van der Waals surface area contributed by atoms with Crippen molar-refractivity contribution in [1.29, 1.82) is 0 Å². The van der Waals surface area contributed by atoms with Gasteiger partial charge in [0.25, 0.3) is 0 Å². The zero-order chi connectivity index (χ0) is 14.4. The van der Waals surface area contributed by atoms with Crippen LogP contribution < -0.4 is 5.73 Å². The van der Waals surface area contributed by atoms with Gasteiger partial charge >= 0.3 is 0 Å². The van der Waals surface area contributed by atoms with E-state index in [9.17, 15) is 0 Å². The van der Waals surface area contributed by atoms with E-state index in [0.29, 0.717) is 27.2 Å². The number of hydrogen-bond acceptors (Lipinski definition) is 3. The molecule has 0 bridgehead atoms. The molecule has 0 fully saturated rings. The first-order valence-corrected chi connectivity index (χ1v) is 6.84. The van der Waals surface area contributed by atoms with Gasteiger partial charge in [-0.25, -0.2) is 4.98 Å². The lowest BCUT2D eigenvalue weighted by Gasteiger charge is -2.03. The number of oxazole rings is 1. The van der Waals surface area contributed by atoms with E-state index in [1.165, 1.54) is 0 Å². The predicted octanol–water partition coefficient (Wildman–Crippen LogP) is 5.00. The van der Waals surface area contributed by atoms with Gasteiger partial charge in [0.1, 0.15) is 5.52 Å². The van der Waals surface area contributed by atoms with Gasteiger partial charge in [0.05, 0.1) is 21.3 Å². The number of benzene rings is 2. The Morgan fingerprint density at radius 2 is 1.85 bits per heavy atom. The fourth-order valence-corrected chi connectivity index (χ4v) is 2.53. The SMILES string of the molecule is Cc1ccc2nc(-c3cc(N)c(Cl)cc3Cl)oc2c1C. The molecule has 3 aromatic rings. The van der Waals surface area contributed by atoms with Crippen LogP contribution in [-0.2, 0) is 0 Å². The Balaban J connectivity index is 2.25. The summed E-state index contributed by atoms with van der Waals surface area (Å²) in [5.41, 5.74) is 10.7. The van der Waals surface area contributed by atoms with Crippen LogP contribution in [0, 0.1) is 13.8 Å². The van der Waals surface area contributed by atoms with Crippen LogP contribution in [0.1, 0.15) is 11.1 Å². The zero-order valence-electron chi connectivity index (χ0n) is 11.0. The smallest absolute Gasteiger partial charge is 0.228 e. The minimum atomic E-state index is 0.418. The highest BCUT2D eigenvalue weighted by molar-refractivity contribution is 6.37. The molecule has 2 N–H and O–H groups in total. The fourth-order valence-electron chi connectivity index (χ4n) is 2.07. The molecule has 5 heteroatoms. The number of halogens is 2. The van der Waals surface area contributed by atoms with E-state index in [-0.39, 0.29) is 0 Å². The van der Waals surface area contributed by atoms with Crippen molar-refractivity contribution >= 4 is 40.0 Å². The van der Waals surface area contributed by atoms with Crippen LogP contribution in [0.3, 0.4) is 0 Å². The Bertz CT molecular complexity index is 824. The molecule has 3 nitrogen and oxygen atoms in total. The highest BCUT2D eigenvalue weighted by atomic mass is 35.5. The van der Waals surface area contributed by atoms with Gasteiger partial charge in [-0.05, 0) is 43.2 Å². The number of fused-ring (bicyclic) bond motifs is 1. The molecule has 0 aliphatic carbocycles. The summed E-state index contributed by atoms with van der Waals surface area (Å²) in [7, 11) is 0. The lowest BCUT2D eigenvalue weighted by atomic mass is 10.1. The van der Waals surface area contributed by atoms with Crippen molar-refractivity contribution in [2.45, 2.75) is 13.8 Å². The normalized spacial score (nSPS) is 11.2. The van der Waals surface area contributed by atoms with Crippen molar-refractivity contribution in [3.05, 3.63) is 45.4 Å². The molecule has 102 valence electrons. The monoisotopic (exact) mass is 306 g/mol. The number of nitrogens with zero attached hydrogens (tertiary/aromatic N) is 1. The molecular weight excluding hydrogens is 295 g/mol. The third-order valence-corrected chi connectivity index (χ3v) is 4.03. The summed E-state index contributed by atoms with van der Waals surface area (Å²) >= 11 is 12.1. The Morgan fingerprint density at radius 3 is 2.60 bits per heavy atom. The standard InChI is InChI=1S/C15H12Cl2N2O/c1-7-3-4-13-14(8(7)2)20-15(19-13)9-5-12(18)11(17)6-10(9)16/h3-6H,18H2,1-2H3. The first-order valence-electron chi connectivity index (χ1n) is 6.09. The molecule has 3 rings (SSSR count). The summed E-state index contributed by atoms with van der Waals surface area (Å²) in [6.45, 7) is 4.04. The molecule has 0 aliphatic heterocycles. The lowest BCUT2D eigenvalue weighted by molar-refractivity contribution is 0.617. The van der Waals surface area contributed by atoms with Gasteiger partial charge in [-0.15, -0.1) is 0 Å². The predicted molar refractivity (Wildman–Crippen MR) is 83.4 cm³/mol. The van der Waals surface area contributed by atoms with Gasteiger partial charge < -0.3 is 10.2 Å². The first-order chi connectivity index (χ1) is 9.47. The molecule has 0 saturated carbocycles. The summed E-state index contributed by atoms with van der Waals surface area (Å²) in [4.78, 5) is 4.47. The number of nitrogens with two attached hydrogens (primary N) is 1. The van der Waals surface area contributed by atoms with Gasteiger partial charge in [0.2, 0.25) is 5.89 Å². The van der Waals surface area contributed by atoms with E-state index in [2.05, 4.69) is 4.98 Å². The molecule has 0 spiro atoms. The van der Waals surface area contributed by atoms with Crippen molar-refractivity contribution in [1.82, 2.24) is 4.98 Å². The maximum absolute atomic E-state index is 6.19. The van der Waals surface area contributed by atoms with Gasteiger partial charge in [0, 0.05) is 0 Å². The number of anilines is 1. The number of aryl methyl sites for hydroxylation is 2. The summed E-state index contributed by atoms with van der Waals surface area (Å²) in [6.07, 6.45) is 0. The Morgan fingerprint density at radius 1 is 1.10 bits per heavy atom. The third kappa shape index (κ3) is 2.03. The minimum Gasteiger partial charge on any atom is -0.436 e. The molecule has 0 aliphatic rings. The van der Waals surface area contributed by atoms with E-state index in [4.69, 9.17) is 33.4 Å². The Kier molecular flexibility index (Phi) is 3.11. The van der Waals surface area contributed by atoms with Crippen LogP contribution in [0.15, 0.2) is 28.7 Å². The van der Waals surface area contributed by atoms with Crippen molar-refractivity contribution in [2.75, 3.05) is 5.73 Å². The van der Waals surface area contributed by atoms with E-state index in [1.54, 1.807) is 12.1 Å². The molecule has 20 heavy (non-hydrogen) atoms. The summed E-state index contributed by atoms with van der Waals surface area (Å²) in [5, 5.41) is 0.881. The second-order valence-electron chi connectivity index (χ2n) is 4.73. The van der Waals surface area contributed by atoms with Crippen molar-refractivity contribution in [3.8, 4) is 11.5 Å². The lowest BCUT2D eigenvalue weighted by Crippen LogP contribution is -1.88. The van der Waals surface area contributed by atoms with E-state index < -0.39 is 0 Å². The molecule has 0 radical (unpaired) electrons. The van der Waals surface area contributed by atoms with E-state index in [1.807, 2.05) is 26.0 Å². The molecule has 2 aromatic carbocycles. The summed E-state index contributed by atoms with van der Waals surface area (Å²) < 4.78 is 5.85. The quantitative estimate of drug-likeness (QED) is 0.644. The van der Waals surface area contributed by atoms with Crippen molar-refractivity contribution in [2.24, 2.45) is 0 Å². The van der Waals surface area contributed by atoms with Crippen LogP contribution >= 0.6 is 23.2 Å². The second kappa shape index (κ2) is 4.69. The van der Waals surface area contributed by atoms with Crippen LogP contribution in [0.25, 0.3) is 22.6 Å². The third-order valence-electron chi connectivity index (χ3n) is 3.39. The average Bonchev–Trinajstić information content (AvgIpc) is 2.83. The van der Waals surface area contributed by atoms with Crippen molar-refractivity contribution < 1.29 is 4.42 Å². The molecule has 0 amide bonds. The van der Waals surface area contributed by atoms with E-state index >= 15 is 0 Å². The fraction of sp³-hybridized carbons (Fsp3) is 0.133. The van der Waals surface area contributed by atoms with Gasteiger partial charge in [-0.1, -0.05) is 29.3 Å². The number of rotatable bonds is 1.